The Hall–Kier alpha value is -3.51. The fourth-order valence-electron chi connectivity index (χ4n) is 5.11. The Balaban J connectivity index is 1.17. The average molecular weight is 473 g/mol. The van der Waals surface area contributed by atoms with Crippen LogP contribution in [0, 0.1) is 0 Å². The number of para-hydroxylation sites is 2. The van der Waals surface area contributed by atoms with Crippen LogP contribution in [0.1, 0.15) is 24.0 Å². The second-order valence-corrected chi connectivity index (χ2v) is 9.24. The van der Waals surface area contributed by atoms with Crippen LogP contribution in [0.25, 0.3) is 0 Å². The van der Waals surface area contributed by atoms with Crippen molar-refractivity contribution in [3.8, 4) is 17.2 Å². The van der Waals surface area contributed by atoms with Gasteiger partial charge in [0, 0.05) is 25.7 Å². The molecule has 0 bridgehead atoms. The molecule has 0 N–H and O–H groups in total. The SMILES string of the molecule is COc1ccccc1Oc1cccc(CN2CCC(N3C(=O)OC[C@@H]3Cc3ccccc3)CC2)c1. The molecule has 2 fully saturated rings. The first-order chi connectivity index (χ1) is 17.2. The minimum atomic E-state index is -0.162. The number of nitrogens with zero attached hydrogens (tertiary/aromatic N) is 2. The highest BCUT2D eigenvalue weighted by atomic mass is 16.6. The summed E-state index contributed by atoms with van der Waals surface area (Å²) in [5.74, 6) is 2.21. The van der Waals surface area contributed by atoms with E-state index in [1.165, 1.54) is 11.1 Å². The number of benzene rings is 3. The van der Waals surface area contributed by atoms with Crippen LogP contribution in [-0.2, 0) is 17.7 Å². The number of hydrogen-bond donors (Lipinski definition) is 0. The standard InChI is InChI=1S/C29H32N2O4/c1-33-27-12-5-6-13-28(27)35-26-11-7-10-23(19-26)20-30-16-14-24(15-17-30)31-25(21-34-29(31)32)18-22-8-3-2-4-9-22/h2-13,19,24-25H,14-18,20-21H2,1H3/t25-/m0/s1. The molecular weight excluding hydrogens is 440 g/mol. The molecular formula is C29H32N2O4. The first-order valence-corrected chi connectivity index (χ1v) is 12.3. The van der Waals surface area contributed by atoms with Gasteiger partial charge in [0.1, 0.15) is 12.4 Å². The van der Waals surface area contributed by atoms with E-state index in [-0.39, 0.29) is 18.2 Å². The maximum atomic E-state index is 12.5. The monoisotopic (exact) mass is 472 g/mol. The van der Waals surface area contributed by atoms with E-state index < -0.39 is 0 Å². The second-order valence-electron chi connectivity index (χ2n) is 9.24. The second kappa shape index (κ2) is 10.8. The molecule has 2 saturated heterocycles. The predicted octanol–water partition coefficient (Wildman–Crippen LogP) is 5.52. The minimum Gasteiger partial charge on any atom is -0.493 e. The van der Waals surface area contributed by atoms with Crippen LogP contribution in [0.5, 0.6) is 17.2 Å². The molecule has 0 saturated carbocycles. The van der Waals surface area contributed by atoms with Crippen LogP contribution in [0.15, 0.2) is 78.9 Å². The first kappa shape index (κ1) is 23.2. The van der Waals surface area contributed by atoms with Gasteiger partial charge in [-0.25, -0.2) is 4.79 Å². The normalized spacial score (nSPS) is 18.9. The summed E-state index contributed by atoms with van der Waals surface area (Å²) in [6, 6.07) is 26.6. The van der Waals surface area contributed by atoms with Gasteiger partial charge in [0.2, 0.25) is 0 Å². The molecule has 6 nitrogen and oxygen atoms in total. The van der Waals surface area contributed by atoms with E-state index in [1.54, 1.807) is 7.11 Å². The summed E-state index contributed by atoms with van der Waals surface area (Å²) < 4.78 is 16.9. The van der Waals surface area contributed by atoms with Gasteiger partial charge in [-0.2, -0.15) is 0 Å². The van der Waals surface area contributed by atoms with Crippen molar-refractivity contribution in [2.75, 3.05) is 26.8 Å². The molecule has 2 heterocycles. The topological polar surface area (TPSA) is 51.2 Å². The lowest BCUT2D eigenvalue weighted by atomic mass is 9.99. The molecule has 0 aromatic heterocycles. The molecule has 3 aromatic rings. The van der Waals surface area contributed by atoms with Gasteiger partial charge in [0.15, 0.2) is 11.5 Å². The van der Waals surface area contributed by atoms with Crippen LogP contribution >= 0.6 is 0 Å². The molecule has 0 aliphatic carbocycles. The van der Waals surface area contributed by atoms with Crippen LogP contribution in [-0.4, -0.2) is 54.8 Å². The quantitative estimate of drug-likeness (QED) is 0.432. The predicted molar refractivity (Wildman–Crippen MR) is 135 cm³/mol. The summed E-state index contributed by atoms with van der Waals surface area (Å²) in [4.78, 5) is 17.0. The maximum Gasteiger partial charge on any atom is 0.410 e. The molecule has 3 aromatic carbocycles. The summed E-state index contributed by atoms with van der Waals surface area (Å²) in [6.45, 7) is 3.23. The molecule has 2 aliphatic heterocycles. The average Bonchev–Trinajstić information content (AvgIpc) is 3.25. The molecule has 0 unspecified atom stereocenters. The lowest BCUT2D eigenvalue weighted by Crippen LogP contribution is -2.48. The fourth-order valence-corrected chi connectivity index (χ4v) is 5.11. The molecule has 35 heavy (non-hydrogen) atoms. The zero-order chi connectivity index (χ0) is 24.0. The van der Waals surface area contributed by atoms with Gasteiger partial charge >= 0.3 is 6.09 Å². The third-order valence-corrected chi connectivity index (χ3v) is 6.87. The van der Waals surface area contributed by atoms with Crippen LogP contribution in [0.3, 0.4) is 0 Å². The number of carbonyl (C=O) groups is 1. The van der Waals surface area contributed by atoms with Crippen molar-refractivity contribution >= 4 is 6.09 Å². The van der Waals surface area contributed by atoms with Crippen molar-refractivity contribution in [3.63, 3.8) is 0 Å². The summed E-state index contributed by atoms with van der Waals surface area (Å²) in [5.41, 5.74) is 2.45. The molecule has 1 amide bonds. The molecule has 0 spiro atoms. The summed E-state index contributed by atoms with van der Waals surface area (Å²) in [6.07, 6.45) is 2.59. The Morgan fingerprint density at radius 2 is 1.60 bits per heavy atom. The Bertz CT molecular complexity index is 1130. The van der Waals surface area contributed by atoms with Crippen LogP contribution < -0.4 is 9.47 Å². The molecule has 1 atom stereocenters. The number of methoxy groups -OCH3 is 1. The number of rotatable bonds is 8. The van der Waals surface area contributed by atoms with Gasteiger partial charge in [-0.15, -0.1) is 0 Å². The lowest BCUT2D eigenvalue weighted by molar-refractivity contribution is 0.104. The van der Waals surface area contributed by atoms with E-state index in [0.717, 1.165) is 44.6 Å². The van der Waals surface area contributed by atoms with Gasteiger partial charge in [-0.05, 0) is 54.7 Å². The van der Waals surface area contributed by atoms with E-state index in [9.17, 15) is 4.79 Å². The Morgan fingerprint density at radius 3 is 2.37 bits per heavy atom. The summed E-state index contributed by atoms with van der Waals surface area (Å²) in [5, 5.41) is 0. The van der Waals surface area contributed by atoms with E-state index in [2.05, 4.69) is 29.2 Å². The third-order valence-electron chi connectivity index (χ3n) is 6.87. The molecule has 182 valence electrons. The Kier molecular flexibility index (Phi) is 7.19. The zero-order valence-electron chi connectivity index (χ0n) is 20.1. The molecule has 2 aliphatic rings. The highest BCUT2D eigenvalue weighted by Gasteiger charge is 2.39. The maximum absolute atomic E-state index is 12.5. The zero-order valence-corrected chi connectivity index (χ0v) is 20.1. The fraction of sp³-hybridized carbons (Fsp3) is 0.345. The molecule has 0 radical (unpaired) electrons. The van der Waals surface area contributed by atoms with E-state index in [1.807, 2.05) is 59.5 Å². The van der Waals surface area contributed by atoms with Gasteiger partial charge in [0.25, 0.3) is 0 Å². The van der Waals surface area contributed by atoms with Crippen molar-refractivity contribution in [1.82, 2.24) is 9.80 Å². The highest BCUT2D eigenvalue weighted by Crippen LogP contribution is 2.32. The van der Waals surface area contributed by atoms with Crippen molar-refractivity contribution in [2.45, 2.75) is 37.9 Å². The van der Waals surface area contributed by atoms with Gasteiger partial charge in [-0.3, -0.25) is 9.80 Å². The Morgan fingerprint density at radius 1 is 0.886 bits per heavy atom. The van der Waals surface area contributed by atoms with Crippen molar-refractivity contribution in [2.24, 2.45) is 0 Å². The summed E-state index contributed by atoms with van der Waals surface area (Å²) in [7, 11) is 1.65. The number of piperidine rings is 1. The van der Waals surface area contributed by atoms with Gasteiger partial charge in [0.05, 0.1) is 13.2 Å². The van der Waals surface area contributed by atoms with E-state index in [4.69, 9.17) is 14.2 Å². The number of amides is 1. The molecule has 5 rings (SSSR count). The van der Waals surface area contributed by atoms with Gasteiger partial charge < -0.3 is 14.2 Å². The van der Waals surface area contributed by atoms with Crippen molar-refractivity contribution in [1.29, 1.82) is 0 Å². The van der Waals surface area contributed by atoms with Gasteiger partial charge in [-0.1, -0.05) is 54.6 Å². The minimum absolute atomic E-state index is 0.116. The smallest absolute Gasteiger partial charge is 0.410 e. The van der Waals surface area contributed by atoms with Crippen LogP contribution in [0.2, 0.25) is 0 Å². The van der Waals surface area contributed by atoms with Crippen molar-refractivity contribution in [3.05, 3.63) is 90.0 Å². The number of likely N-dealkylation sites (tertiary alicyclic amines) is 1. The van der Waals surface area contributed by atoms with E-state index in [0.29, 0.717) is 18.1 Å². The Labute approximate surface area is 207 Å². The van der Waals surface area contributed by atoms with Crippen LogP contribution in [0.4, 0.5) is 4.79 Å². The third kappa shape index (κ3) is 5.60. The highest BCUT2D eigenvalue weighted by molar-refractivity contribution is 5.70. The van der Waals surface area contributed by atoms with E-state index >= 15 is 0 Å². The number of cyclic esters (lactones) is 1. The number of ether oxygens (including phenoxy) is 3. The molecule has 6 heteroatoms. The number of hydrogen-bond acceptors (Lipinski definition) is 5. The number of carbonyl (C=O) groups excluding carboxylic acids is 1. The first-order valence-electron chi connectivity index (χ1n) is 12.3. The lowest BCUT2D eigenvalue weighted by Gasteiger charge is -2.38. The van der Waals surface area contributed by atoms with Crippen molar-refractivity contribution < 1.29 is 19.0 Å². The largest absolute Gasteiger partial charge is 0.493 e. The summed E-state index contributed by atoms with van der Waals surface area (Å²) >= 11 is 0.